The minimum absolute atomic E-state index is 0.0966. The Morgan fingerprint density at radius 3 is 2.16 bits per heavy atom. The van der Waals surface area contributed by atoms with Crippen LogP contribution in [0.3, 0.4) is 0 Å². The van der Waals surface area contributed by atoms with Crippen molar-refractivity contribution in [2.24, 2.45) is 0 Å². The van der Waals surface area contributed by atoms with Crippen LogP contribution in [0.4, 0.5) is 10.5 Å². The highest BCUT2D eigenvalue weighted by Gasteiger charge is 2.12. The van der Waals surface area contributed by atoms with Crippen molar-refractivity contribution in [1.29, 1.82) is 0 Å². The average molecular weight is 336 g/mol. The lowest BCUT2D eigenvalue weighted by molar-refractivity contribution is 0.0696. The molecule has 3 rings (SSSR count). The number of urea groups is 1. The van der Waals surface area contributed by atoms with Crippen molar-refractivity contribution < 1.29 is 19.5 Å². The van der Waals surface area contributed by atoms with Gasteiger partial charge in [0.25, 0.3) is 5.91 Å². The zero-order valence-corrected chi connectivity index (χ0v) is 12.8. The van der Waals surface area contributed by atoms with Gasteiger partial charge in [0.05, 0.1) is 16.6 Å². The molecule has 0 atom stereocenters. The lowest BCUT2D eigenvalue weighted by Gasteiger charge is -2.07. The third-order valence-electron chi connectivity index (χ3n) is 3.35. The number of rotatable bonds is 3. The predicted molar refractivity (Wildman–Crippen MR) is 89.4 cm³/mol. The number of amides is 3. The van der Waals surface area contributed by atoms with E-state index >= 15 is 0 Å². The van der Waals surface area contributed by atoms with Gasteiger partial charge in [-0.1, -0.05) is 0 Å². The molecule has 0 fully saturated rings. The second kappa shape index (κ2) is 6.75. The Morgan fingerprint density at radius 1 is 0.840 bits per heavy atom. The number of benzene rings is 2. The average Bonchev–Trinajstić information content (AvgIpc) is 2.61. The molecule has 0 saturated heterocycles. The number of carbonyl (C=O) groups excluding carboxylic acids is 2. The zero-order valence-electron chi connectivity index (χ0n) is 12.8. The summed E-state index contributed by atoms with van der Waals surface area (Å²) < 4.78 is 0. The van der Waals surface area contributed by atoms with Crippen molar-refractivity contribution >= 4 is 34.6 Å². The summed E-state index contributed by atoms with van der Waals surface area (Å²) in [5.41, 5.74) is 1.91. The summed E-state index contributed by atoms with van der Waals surface area (Å²) in [6.07, 6.45) is 3.06. The van der Waals surface area contributed by atoms with Crippen molar-refractivity contribution in [2.45, 2.75) is 0 Å². The van der Waals surface area contributed by atoms with Gasteiger partial charge in [0.15, 0.2) is 0 Å². The lowest BCUT2D eigenvalue weighted by Crippen LogP contribution is -2.34. The number of aromatic carboxylic acids is 1. The molecule has 3 N–H and O–H groups in total. The molecule has 0 radical (unpaired) electrons. The second-order valence-corrected chi connectivity index (χ2v) is 5.05. The molecule has 0 bridgehead atoms. The van der Waals surface area contributed by atoms with E-state index in [1.54, 1.807) is 18.3 Å². The van der Waals surface area contributed by atoms with Crippen LogP contribution in [0.25, 0.3) is 11.0 Å². The van der Waals surface area contributed by atoms with Crippen LogP contribution in [-0.4, -0.2) is 33.0 Å². The van der Waals surface area contributed by atoms with Gasteiger partial charge in [0.1, 0.15) is 0 Å². The van der Waals surface area contributed by atoms with Crippen molar-refractivity contribution in [1.82, 2.24) is 15.3 Å². The maximum Gasteiger partial charge on any atom is 0.335 e. The van der Waals surface area contributed by atoms with Gasteiger partial charge < -0.3 is 10.4 Å². The van der Waals surface area contributed by atoms with Crippen molar-refractivity contribution in [3.63, 3.8) is 0 Å². The van der Waals surface area contributed by atoms with Crippen LogP contribution < -0.4 is 10.6 Å². The molecule has 3 aromatic rings. The maximum absolute atomic E-state index is 12.1. The fraction of sp³-hybridized carbons (Fsp3) is 0. The van der Waals surface area contributed by atoms with Crippen LogP contribution in [0.15, 0.2) is 54.9 Å². The highest BCUT2D eigenvalue weighted by atomic mass is 16.4. The molecule has 8 heteroatoms. The van der Waals surface area contributed by atoms with E-state index in [1.165, 1.54) is 36.5 Å². The van der Waals surface area contributed by atoms with Gasteiger partial charge in [-0.3, -0.25) is 20.1 Å². The van der Waals surface area contributed by atoms with Crippen LogP contribution in [0.2, 0.25) is 0 Å². The van der Waals surface area contributed by atoms with Crippen LogP contribution >= 0.6 is 0 Å². The molecule has 0 aliphatic heterocycles. The first-order valence-corrected chi connectivity index (χ1v) is 7.19. The number of imide groups is 1. The fourth-order valence-corrected chi connectivity index (χ4v) is 2.14. The van der Waals surface area contributed by atoms with E-state index in [9.17, 15) is 14.4 Å². The first kappa shape index (κ1) is 16.1. The molecule has 124 valence electrons. The topological polar surface area (TPSA) is 121 Å². The van der Waals surface area contributed by atoms with Crippen molar-refractivity contribution in [2.75, 3.05) is 5.32 Å². The number of carboxylic acids is 1. The van der Waals surface area contributed by atoms with E-state index in [4.69, 9.17) is 5.11 Å². The number of carboxylic acid groups (broad SMARTS) is 1. The number of aromatic nitrogens is 2. The number of hydrogen-bond donors (Lipinski definition) is 3. The first-order chi connectivity index (χ1) is 12.0. The molecule has 0 aliphatic rings. The summed E-state index contributed by atoms with van der Waals surface area (Å²) in [7, 11) is 0. The van der Waals surface area contributed by atoms with Crippen LogP contribution in [0.1, 0.15) is 20.7 Å². The molecule has 0 spiro atoms. The fourth-order valence-electron chi connectivity index (χ4n) is 2.14. The van der Waals surface area contributed by atoms with Crippen molar-refractivity contribution in [3.8, 4) is 0 Å². The van der Waals surface area contributed by atoms with Gasteiger partial charge >= 0.3 is 12.0 Å². The number of carbonyl (C=O) groups is 3. The highest BCUT2D eigenvalue weighted by Crippen LogP contribution is 2.12. The lowest BCUT2D eigenvalue weighted by atomic mass is 10.2. The van der Waals surface area contributed by atoms with E-state index in [2.05, 4.69) is 20.6 Å². The first-order valence-electron chi connectivity index (χ1n) is 7.19. The molecule has 8 nitrogen and oxygen atoms in total. The summed E-state index contributed by atoms with van der Waals surface area (Å²) in [4.78, 5) is 43.0. The van der Waals surface area contributed by atoms with Crippen molar-refractivity contribution in [3.05, 3.63) is 66.0 Å². The Bertz CT molecular complexity index is 970. The molecule has 1 heterocycles. The van der Waals surface area contributed by atoms with Gasteiger partial charge in [-0.15, -0.1) is 0 Å². The Kier molecular flexibility index (Phi) is 4.34. The van der Waals surface area contributed by atoms with E-state index in [0.29, 0.717) is 16.7 Å². The van der Waals surface area contributed by atoms with E-state index in [0.717, 1.165) is 0 Å². The standard InChI is InChI=1S/C17H12N4O4/c22-15(11-3-6-13-14(9-11)19-8-7-18-13)21-17(25)20-12-4-1-10(2-5-12)16(23)24/h1-9H,(H,23,24)(H2,20,21,22,25). The molecular formula is C17H12N4O4. The number of hydrogen-bond acceptors (Lipinski definition) is 5. The minimum Gasteiger partial charge on any atom is -0.478 e. The van der Waals surface area contributed by atoms with E-state index in [-0.39, 0.29) is 11.1 Å². The maximum atomic E-state index is 12.1. The summed E-state index contributed by atoms with van der Waals surface area (Å²) in [6.45, 7) is 0. The van der Waals surface area contributed by atoms with Crippen LogP contribution in [0, 0.1) is 0 Å². The number of fused-ring (bicyclic) bond motifs is 1. The molecule has 0 saturated carbocycles. The molecular weight excluding hydrogens is 324 g/mol. The van der Waals surface area contributed by atoms with Gasteiger partial charge in [0.2, 0.25) is 0 Å². The summed E-state index contributed by atoms with van der Waals surface area (Å²) in [5, 5.41) is 13.5. The molecule has 3 amide bonds. The zero-order chi connectivity index (χ0) is 17.8. The minimum atomic E-state index is -1.06. The summed E-state index contributed by atoms with van der Waals surface area (Å²) >= 11 is 0. The Balaban J connectivity index is 1.67. The quantitative estimate of drug-likeness (QED) is 0.674. The Labute approximate surface area is 141 Å². The molecule has 1 aromatic heterocycles. The third-order valence-corrected chi connectivity index (χ3v) is 3.35. The Morgan fingerprint density at radius 2 is 1.48 bits per heavy atom. The number of nitrogens with zero attached hydrogens (tertiary/aromatic N) is 2. The second-order valence-electron chi connectivity index (χ2n) is 5.05. The van der Waals surface area contributed by atoms with Gasteiger partial charge in [-0.25, -0.2) is 9.59 Å². The molecule has 0 aliphatic carbocycles. The summed E-state index contributed by atoms with van der Waals surface area (Å²) in [5.74, 6) is -1.65. The predicted octanol–water partition coefficient (Wildman–Crippen LogP) is 2.29. The normalized spacial score (nSPS) is 10.2. The number of anilines is 1. The Hall–Kier alpha value is -3.81. The van der Waals surface area contributed by atoms with E-state index in [1.807, 2.05) is 0 Å². The molecule has 25 heavy (non-hydrogen) atoms. The monoisotopic (exact) mass is 336 g/mol. The van der Waals surface area contributed by atoms with Crippen LogP contribution in [0.5, 0.6) is 0 Å². The number of nitrogens with one attached hydrogen (secondary N) is 2. The smallest absolute Gasteiger partial charge is 0.335 e. The van der Waals surface area contributed by atoms with Gasteiger partial charge in [-0.2, -0.15) is 0 Å². The largest absolute Gasteiger partial charge is 0.478 e. The third kappa shape index (κ3) is 3.75. The van der Waals surface area contributed by atoms with E-state index < -0.39 is 17.9 Å². The van der Waals surface area contributed by atoms with Gasteiger partial charge in [-0.05, 0) is 42.5 Å². The SMILES string of the molecule is O=C(NC(=O)c1ccc2nccnc2c1)Nc1ccc(C(=O)O)cc1. The molecule has 2 aromatic carbocycles. The molecule has 0 unspecified atom stereocenters. The summed E-state index contributed by atoms with van der Waals surface area (Å²) in [6, 6.07) is 9.54. The highest BCUT2D eigenvalue weighted by molar-refractivity contribution is 6.09. The van der Waals surface area contributed by atoms with Crippen LogP contribution in [-0.2, 0) is 0 Å². The van der Waals surface area contributed by atoms with Gasteiger partial charge in [0, 0.05) is 23.6 Å².